The molecule has 17 heavy (non-hydrogen) atoms. The van der Waals surface area contributed by atoms with Gasteiger partial charge in [-0.1, -0.05) is 12.1 Å². The second-order valence-corrected chi connectivity index (χ2v) is 3.56. The molecule has 0 bridgehead atoms. The fourth-order valence-corrected chi connectivity index (χ4v) is 1.45. The minimum absolute atomic E-state index is 0.0791. The Hall–Kier alpha value is -2.06. The smallest absolute Gasteiger partial charge is 0.239 e. The Bertz CT molecular complexity index is 426. The van der Waals surface area contributed by atoms with E-state index in [1.54, 1.807) is 30.1 Å². The topological polar surface area (TPSA) is 76.4 Å². The van der Waals surface area contributed by atoms with E-state index in [1.165, 1.54) is 0 Å². The quantitative estimate of drug-likeness (QED) is 0.756. The van der Waals surface area contributed by atoms with Crippen molar-refractivity contribution in [2.45, 2.75) is 0 Å². The summed E-state index contributed by atoms with van der Waals surface area (Å²) in [7, 11) is 1.74. The third kappa shape index (κ3) is 3.78. The predicted octanol–water partition coefficient (Wildman–Crippen LogP) is 0.103. The molecule has 1 amide bonds. The maximum atomic E-state index is 11.4. The summed E-state index contributed by atoms with van der Waals surface area (Å²) in [6.07, 6.45) is 0. The zero-order valence-corrected chi connectivity index (χ0v) is 9.68. The molecule has 1 aromatic carbocycles. The number of anilines is 1. The number of aliphatic hydroxyl groups is 1. The largest absolute Gasteiger partial charge is 0.395 e. The van der Waals surface area contributed by atoms with Gasteiger partial charge in [0, 0.05) is 13.6 Å². The number of rotatable bonds is 5. The number of carbonyl (C=O) groups excluding carboxylic acids is 1. The standard InChI is InChI=1S/C12H15N3O2/c1-15(9-12(17)14-6-7-16)11-5-3-2-4-10(11)8-13/h2-5,16H,6-7,9H2,1H3,(H,14,17). The van der Waals surface area contributed by atoms with Crippen LogP contribution in [0.1, 0.15) is 5.56 Å². The van der Waals surface area contributed by atoms with E-state index in [2.05, 4.69) is 11.4 Å². The third-order valence-corrected chi connectivity index (χ3v) is 2.25. The number of amides is 1. The molecule has 0 spiro atoms. The van der Waals surface area contributed by atoms with Gasteiger partial charge in [-0.2, -0.15) is 5.26 Å². The molecule has 0 aromatic heterocycles. The molecule has 0 aliphatic carbocycles. The van der Waals surface area contributed by atoms with Gasteiger partial charge in [0.15, 0.2) is 0 Å². The van der Waals surface area contributed by atoms with Gasteiger partial charge in [-0.15, -0.1) is 0 Å². The Morgan fingerprint density at radius 3 is 2.88 bits per heavy atom. The minimum atomic E-state index is -0.186. The van der Waals surface area contributed by atoms with Crippen molar-refractivity contribution in [3.63, 3.8) is 0 Å². The Labute approximate surface area is 100 Å². The van der Waals surface area contributed by atoms with Crippen LogP contribution in [-0.2, 0) is 4.79 Å². The lowest BCUT2D eigenvalue weighted by Gasteiger charge is -2.19. The molecule has 0 aliphatic rings. The van der Waals surface area contributed by atoms with Gasteiger partial charge in [-0.25, -0.2) is 0 Å². The maximum absolute atomic E-state index is 11.4. The number of carbonyl (C=O) groups is 1. The van der Waals surface area contributed by atoms with Crippen LogP contribution >= 0.6 is 0 Å². The van der Waals surface area contributed by atoms with Crippen LogP contribution in [0.4, 0.5) is 5.69 Å². The molecule has 0 atom stereocenters. The average molecular weight is 233 g/mol. The van der Waals surface area contributed by atoms with E-state index in [9.17, 15) is 4.79 Å². The molecule has 5 nitrogen and oxygen atoms in total. The second-order valence-electron chi connectivity index (χ2n) is 3.56. The van der Waals surface area contributed by atoms with Crippen LogP contribution in [0.15, 0.2) is 24.3 Å². The number of nitrogens with one attached hydrogen (secondary N) is 1. The molecule has 5 heteroatoms. The number of nitriles is 1. The Morgan fingerprint density at radius 1 is 1.53 bits per heavy atom. The zero-order valence-electron chi connectivity index (χ0n) is 9.68. The molecular formula is C12H15N3O2. The summed E-state index contributed by atoms with van der Waals surface area (Å²) in [5, 5.41) is 20.1. The zero-order chi connectivity index (χ0) is 12.7. The molecule has 0 saturated heterocycles. The maximum Gasteiger partial charge on any atom is 0.239 e. The van der Waals surface area contributed by atoms with E-state index in [0.29, 0.717) is 11.3 Å². The van der Waals surface area contributed by atoms with E-state index in [1.807, 2.05) is 6.07 Å². The predicted molar refractivity (Wildman–Crippen MR) is 64.5 cm³/mol. The number of hydrogen-bond acceptors (Lipinski definition) is 4. The van der Waals surface area contributed by atoms with Gasteiger partial charge in [-0.05, 0) is 12.1 Å². The van der Waals surface area contributed by atoms with Crippen molar-refractivity contribution in [1.82, 2.24) is 5.32 Å². The fourth-order valence-electron chi connectivity index (χ4n) is 1.45. The summed E-state index contributed by atoms with van der Waals surface area (Å²) in [5.41, 5.74) is 1.25. The molecule has 0 aliphatic heterocycles. The van der Waals surface area contributed by atoms with Crippen molar-refractivity contribution < 1.29 is 9.90 Å². The number of aliphatic hydroxyl groups excluding tert-OH is 1. The highest BCUT2D eigenvalue weighted by molar-refractivity contribution is 5.81. The number of para-hydroxylation sites is 1. The van der Waals surface area contributed by atoms with Crippen LogP contribution in [0.5, 0.6) is 0 Å². The van der Waals surface area contributed by atoms with Crippen LogP contribution in [0.3, 0.4) is 0 Å². The highest BCUT2D eigenvalue weighted by Crippen LogP contribution is 2.17. The van der Waals surface area contributed by atoms with E-state index in [0.717, 1.165) is 0 Å². The number of nitrogens with zero attached hydrogens (tertiary/aromatic N) is 2. The number of hydrogen-bond donors (Lipinski definition) is 2. The van der Waals surface area contributed by atoms with Gasteiger partial charge < -0.3 is 15.3 Å². The van der Waals surface area contributed by atoms with Gasteiger partial charge in [-0.3, -0.25) is 4.79 Å². The van der Waals surface area contributed by atoms with Gasteiger partial charge in [0.25, 0.3) is 0 Å². The lowest BCUT2D eigenvalue weighted by Crippen LogP contribution is -2.36. The van der Waals surface area contributed by atoms with Crippen molar-refractivity contribution >= 4 is 11.6 Å². The first-order valence-electron chi connectivity index (χ1n) is 5.27. The normalized spacial score (nSPS) is 9.47. The van der Waals surface area contributed by atoms with Gasteiger partial charge in [0.05, 0.1) is 24.4 Å². The van der Waals surface area contributed by atoms with Gasteiger partial charge in [0.2, 0.25) is 5.91 Å². The SMILES string of the molecule is CN(CC(=O)NCCO)c1ccccc1C#N. The Kier molecular flexibility index (Phi) is 4.98. The first kappa shape index (κ1) is 13.0. The van der Waals surface area contributed by atoms with Gasteiger partial charge >= 0.3 is 0 Å². The molecule has 0 radical (unpaired) electrons. The van der Waals surface area contributed by atoms with Gasteiger partial charge in [0.1, 0.15) is 6.07 Å². The summed E-state index contributed by atoms with van der Waals surface area (Å²) in [4.78, 5) is 13.1. The second kappa shape index (κ2) is 6.51. The van der Waals surface area contributed by atoms with Crippen molar-refractivity contribution in [2.24, 2.45) is 0 Å². The van der Waals surface area contributed by atoms with Crippen molar-refractivity contribution in [3.05, 3.63) is 29.8 Å². The van der Waals surface area contributed by atoms with E-state index < -0.39 is 0 Å². The molecule has 1 aromatic rings. The lowest BCUT2D eigenvalue weighted by molar-refractivity contribution is -0.119. The molecule has 2 N–H and O–H groups in total. The fraction of sp³-hybridized carbons (Fsp3) is 0.333. The summed E-state index contributed by atoms with van der Waals surface area (Å²) in [5.74, 6) is -0.186. The van der Waals surface area contributed by atoms with Crippen molar-refractivity contribution in [3.8, 4) is 6.07 Å². The van der Waals surface area contributed by atoms with Crippen LogP contribution in [0.2, 0.25) is 0 Å². The first-order chi connectivity index (χ1) is 8.19. The van der Waals surface area contributed by atoms with E-state index in [4.69, 9.17) is 10.4 Å². The van der Waals surface area contributed by atoms with Crippen LogP contribution in [0.25, 0.3) is 0 Å². The third-order valence-electron chi connectivity index (χ3n) is 2.25. The molecule has 90 valence electrons. The lowest BCUT2D eigenvalue weighted by atomic mass is 10.2. The van der Waals surface area contributed by atoms with Crippen LogP contribution in [-0.4, -0.2) is 37.8 Å². The number of likely N-dealkylation sites (N-methyl/N-ethyl adjacent to an activating group) is 1. The molecule has 0 fully saturated rings. The van der Waals surface area contributed by atoms with E-state index in [-0.39, 0.29) is 25.6 Å². The summed E-state index contributed by atoms with van der Waals surface area (Å²) >= 11 is 0. The average Bonchev–Trinajstić information content (AvgIpc) is 2.36. The number of benzene rings is 1. The van der Waals surface area contributed by atoms with Crippen LogP contribution < -0.4 is 10.2 Å². The molecule has 1 rings (SSSR count). The minimum Gasteiger partial charge on any atom is -0.395 e. The van der Waals surface area contributed by atoms with Crippen molar-refractivity contribution in [2.75, 3.05) is 31.6 Å². The molecular weight excluding hydrogens is 218 g/mol. The highest BCUT2D eigenvalue weighted by Gasteiger charge is 2.09. The molecule has 0 saturated carbocycles. The molecule has 0 unspecified atom stereocenters. The summed E-state index contributed by atoms with van der Waals surface area (Å²) in [6.45, 7) is 0.315. The Balaban J connectivity index is 2.67. The molecule has 0 heterocycles. The van der Waals surface area contributed by atoms with Crippen LogP contribution in [0, 0.1) is 11.3 Å². The Morgan fingerprint density at radius 2 is 2.24 bits per heavy atom. The first-order valence-corrected chi connectivity index (χ1v) is 5.27. The summed E-state index contributed by atoms with van der Waals surface area (Å²) in [6, 6.07) is 9.17. The highest BCUT2D eigenvalue weighted by atomic mass is 16.3. The monoisotopic (exact) mass is 233 g/mol. The summed E-state index contributed by atoms with van der Waals surface area (Å²) < 4.78 is 0. The van der Waals surface area contributed by atoms with Crippen molar-refractivity contribution in [1.29, 1.82) is 5.26 Å². The van der Waals surface area contributed by atoms with E-state index >= 15 is 0 Å².